The Bertz CT molecular complexity index is 879. The van der Waals surface area contributed by atoms with Crippen molar-refractivity contribution in [1.29, 1.82) is 0 Å². The molecule has 4 N–H and O–H groups in total. The highest BCUT2D eigenvalue weighted by Gasteiger charge is 2.22. The van der Waals surface area contributed by atoms with Crippen LogP contribution in [-0.4, -0.2) is 55.6 Å². The molecule has 2 aliphatic heterocycles. The van der Waals surface area contributed by atoms with Gasteiger partial charge in [0.25, 0.3) is 5.91 Å². The second-order valence-electron chi connectivity index (χ2n) is 6.90. The Kier molecular flexibility index (Phi) is 4.81. The summed E-state index contributed by atoms with van der Waals surface area (Å²) in [6, 6.07) is 5.56. The molecule has 0 bridgehead atoms. The standard InChI is InChI=1S/C19H23N5O3/c20-19(26)15-9-13-14(10-23-15)17(27-12-3-5-21-6-4-12)2-1-16(13)24-8-7-22-18(25)11-24/h1-2,9-10,12,21H,3-8,11H2,(H2,20,26)(H,22,25). The number of fused-ring (bicyclic) bond motifs is 1. The average Bonchev–Trinajstić information content (AvgIpc) is 2.68. The number of hydrogen-bond acceptors (Lipinski definition) is 6. The summed E-state index contributed by atoms with van der Waals surface area (Å²) in [7, 11) is 0. The van der Waals surface area contributed by atoms with E-state index in [0.717, 1.165) is 48.1 Å². The zero-order valence-corrected chi connectivity index (χ0v) is 15.0. The zero-order valence-electron chi connectivity index (χ0n) is 15.0. The summed E-state index contributed by atoms with van der Waals surface area (Å²) >= 11 is 0. The number of hydrogen-bond donors (Lipinski definition) is 3. The van der Waals surface area contributed by atoms with Gasteiger partial charge in [0.15, 0.2) is 0 Å². The first-order valence-corrected chi connectivity index (χ1v) is 9.23. The van der Waals surface area contributed by atoms with Crippen molar-refractivity contribution in [3.63, 3.8) is 0 Å². The van der Waals surface area contributed by atoms with Gasteiger partial charge >= 0.3 is 0 Å². The monoisotopic (exact) mass is 369 g/mol. The number of nitrogens with zero attached hydrogens (tertiary/aromatic N) is 2. The van der Waals surface area contributed by atoms with Gasteiger partial charge in [-0.3, -0.25) is 14.6 Å². The third kappa shape index (κ3) is 3.66. The lowest BCUT2D eigenvalue weighted by atomic mass is 10.1. The molecule has 3 heterocycles. The Morgan fingerprint density at radius 1 is 1.22 bits per heavy atom. The Morgan fingerprint density at radius 3 is 2.78 bits per heavy atom. The SMILES string of the molecule is NC(=O)c1cc2c(N3CCNC(=O)C3)ccc(OC3CCNCC3)c2cn1. The van der Waals surface area contributed by atoms with Gasteiger partial charge in [-0.2, -0.15) is 0 Å². The molecular formula is C19H23N5O3. The van der Waals surface area contributed by atoms with Crippen molar-refractivity contribution in [3.05, 3.63) is 30.1 Å². The van der Waals surface area contributed by atoms with Crippen LogP contribution in [0.2, 0.25) is 0 Å². The predicted octanol–water partition coefficient (Wildman–Crippen LogP) is 0.401. The Hall–Kier alpha value is -2.87. The summed E-state index contributed by atoms with van der Waals surface area (Å²) in [4.78, 5) is 29.6. The zero-order chi connectivity index (χ0) is 18.8. The number of nitrogens with one attached hydrogen (secondary N) is 2. The lowest BCUT2D eigenvalue weighted by molar-refractivity contribution is -0.120. The van der Waals surface area contributed by atoms with Gasteiger partial charge in [-0.25, -0.2) is 0 Å². The van der Waals surface area contributed by atoms with Crippen molar-refractivity contribution in [1.82, 2.24) is 15.6 Å². The second kappa shape index (κ2) is 7.40. The van der Waals surface area contributed by atoms with Crippen LogP contribution >= 0.6 is 0 Å². The minimum Gasteiger partial charge on any atom is -0.490 e. The number of carbonyl (C=O) groups excluding carboxylic acids is 2. The molecule has 27 heavy (non-hydrogen) atoms. The van der Waals surface area contributed by atoms with E-state index in [1.54, 1.807) is 12.3 Å². The molecule has 1 aromatic heterocycles. The molecule has 8 nitrogen and oxygen atoms in total. The number of amides is 2. The van der Waals surface area contributed by atoms with Gasteiger partial charge in [0.1, 0.15) is 17.5 Å². The van der Waals surface area contributed by atoms with E-state index < -0.39 is 5.91 Å². The first-order valence-electron chi connectivity index (χ1n) is 9.23. The van der Waals surface area contributed by atoms with Crippen LogP contribution in [0.25, 0.3) is 10.8 Å². The van der Waals surface area contributed by atoms with E-state index in [0.29, 0.717) is 13.1 Å². The normalized spacial score (nSPS) is 18.4. The second-order valence-corrected chi connectivity index (χ2v) is 6.90. The Balaban J connectivity index is 1.76. The molecule has 0 atom stereocenters. The number of rotatable bonds is 4. The largest absolute Gasteiger partial charge is 0.490 e. The maximum Gasteiger partial charge on any atom is 0.267 e. The quantitative estimate of drug-likeness (QED) is 0.720. The number of benzene rings is 1. The van der Waals surface area contributed by atoms with E-state index in [4.69, 9.17) is 10.5 Å². The van der Waals surface area contributed by atoms with E-state index in [-0.39, 0.29) is 24.2 Å². The van der Waals surface area contributed by atoms with Gasteiger partial charge in [0, 0.05) is 35.7 Å². The summed E-state index contributed by atoms with van der Waals surface area (Å²) in [5.41, 5.74) is 6.50. The third-order valence-electron chi connectivity index (χ3n) is 5.05. The van der Waals surface area contributed by atoms with Crippen molar-refractivity contribution in [2.75, 3.05) is 37.6 Å². The van der Waals surface area contributed by atoms with E-state index in [2.05, 4.69) is 15.6 Å². The smallest absolute Gasteiger partial charge is 0.267 e. The topological polar surface area (TPSA) is 110 Å². The molecule has 0 saturated carbocycles. The van der Waals surface area contributed by atoms with Crippen LogP contribution in [-0.2, 0) is 4.79 Å². The molecular weight excluding hydrogens is 346 g/mol. The van der Waals surface area contributed by atoms with Gasteiger partial charge < -0.3 is 26.0 Å². The fraction of sp³-hybridized carbons (Fsp3) is 0.421. The lowest BCUT2D eigenvalue weighted by Crippen LogP contribution is -2.47. The molecule has 0 aliphatic carbocycles. The van der Waals surface area contributed by atoms with Gasteiger partial charge in [0.05, 0.1) is 6.54 Å². The molecule has 2 saturated heterocycles. The maximum absolute atomic E-state index is 11.8. The fourth-order valence-corrected chi connectivity index (χ4v) is 3.65. The number of aromatic nitrogens is 1. The van der Waals surface area contributed by atoms with Crippen LogP contribution in [0.3, 0.4) is 0 Å². The average molecular weight is 369 g/mol. The molecule has 0 spiro atoms. The summed E-state index contributed by atoms with van der Waals surface area (Å²) < 4.78 is 6.24. The van der Waals surface area contributed by atoms with Crippen LogP contribution in [0.5, 0.6) is 5.75 Å². The lowest BCUT2D eigenvalue weighted by Gasteiger charge is -2.30. The van der Waals surface area contributed by atoms with Crippen molar-refractivity contribution in [2.24, 2.45) is 5.73 Å². The number of piperazine rings is 1. The molecule has 8 heteroatoms. The van der Waals surface area contributed by atoms with E-state index in [1.165, 1.54) is 0 Å². The number of ether oxygens (including phenoxy) is 1. The minimum atomic E-state index is -0.580. The van der Waals surface area contributed by atoms with Gasteiger partial charge in [0.2, 0.25) is 5.91 Å². The van der Waals surface area contributed by atoms with E-state index in [1.807, 2.05) is 17.0 Å². The van der Waals surface area contributed by atoms with Gasteiger partial charge in [-0.05, 0) is 44.1 Å². The van der Waals surface area contributed by atoms with Crippen molar-refractivity contribution in [2.45, 2.75) is 18.9 Å². The highest BCUT2D eigenvalue weighted by atomic mass is 16.5. The van der Waals surface area contributed by atoms with E-state index >= 15 is 0 Å². The van der Waals surface area contributed by atoms with Crippen molar-refractivity contribution < 1.29 is 14.3 Å². The van der Waals surface area contributed by atoms with Crippen molar-refractivity contribution >= 4 is 28.3 Å². The summed E-state index contributed by atoms with van der Waals surface area (Å²) in [6.45, 7) is 3.43. The molecule has 2 aromatic rings. The fourth-order valence-electron chi connectivity index (χ4n) is 3.65. The Labute approximate surface area is 157 Å². The number of piperidine rings is 1. The highest BCUT2D eigenvalue weighted by molar-refractivity contribution is 6.03. The van der Waals surface area contributed by atoms with Crippen LogP contribution < -0.4 is 26.0 Å². The number of pyridine rings is 1. The highest BCUT2D eigenvalue weighted by Crippen LogP contribution is 2.35. The summed E-state index contributed by atoms with van der Waals surface area (Å²) in [5, 5.41) is 7.79. The summed E-state index contributed by atoms with van der Waals surface area (Å²) in [6.07, 6.45) is 3.68. The molecule has 142 valence electrons. The molecule has 0 unspecified atom stereocenters. The van der Waals surface area contributed by atoms with Crippen LogP contribution in [0.15, 0.2) is 24.4 Å². The third-order valence-corrected chi connectivity index (χ3v) is 5.05. The number of nitrogens with two attached hydrogens (primary N) is 1. The number of anilines is 1. The minimum absolute atomic E-state index is 0.0198. The van der Waals surface area contributed by atoms with Gasteiger partial charge in [-0.15, -0.1) is 0 Å². The number of primary amides is 1. The first kappa shape index (κ1) is 17.5. The molecule has 2 amide bonds. The molecule has 0 radical (unpaired) electrons. The molecule has 4 rings (SSSR count). The van der Waals surface area contributed by atoms with E-state index in [9.17, 15) is 9.59 Å². The molecule has 2 aliphatic rings. The van der Waals surface area contributed by atoms with Crippen molar-refractivity contribution in [3.8, 4) is 5.75 Å². The maximum atomic E-state index is 11.8. The first-order chi connectivity index (χ1) is 13.1. The van der Waals surface area contributed by atoms with Crippen LogP contribution in [0.4, 0.5) is 5.69 Å². The van der Waals surface area contributed by atoms with Crippen LogP contribution in [0, 0.1) is 0 Å². The molecule has 2 fully saturated rings. The predicted molar refractivity (Wildman–Crippen MR) is 102 cm³/mol. The van der Waals surface area contributed by atoms with Crippen LogP contribution in [0.1, 0.15) is 23.3 Å². The summed E-state index contributed by atoms with van der Waals surface area (Å²) in [5.74, 6) is 0.142. The Morgan fingerprint density at radius 2 is 2.04 bits per heavy atom. The van der Waals surface area contributed by atoms with Gasteiger partial charge in [-0.1, -0.05) is 0 Å². The number of carbonyl (C=O) groups is 2. The molecule has 1 aromatic carbocycles.